The van der Waals surface area contributed by atoms with Crippen LogP contribution in [0.25, 0.3) is 10.9 Å². The van der Waals surface area contributed by atoms with Crippen LogP contribution in [-0.4, -0.2) is 57.4 Å². The number of para-hydroxylation sites is 1. The summed E-state index contributed by atoms with van der Waals surface area (Å²) < 4.78 is 16.7. The average molecular weight is 393 g/mol. The molecule has 0 radical (unpaired) electrons. The van der Waals surface area contributed by atoms with Crippen LogP contribution in [0.15, 0.2) is 48.5 Å². The van der Waals surface area contributed by atoms with Crippen molar-refractivity contribution < 1.29 is 14.2 Å². The molecule has 1 saturated heterocycles. The van der Waals surface area contributed by atoms with Gasteiger partial charge in [0.1, 0.15) is 0 Å². The van der Waals surface area contributed by atoms with E-state index in [1.165, 1.54) is 0 Å². The Morgan fingerprint density at radius 2 is 1.59 bits per heavy atom. The molecule has 0 bridgehead atoms. The summed E-state index contributed by atoms with van der Waals surface area (Å²) in [7, 11) is 4.92. The summed E-state index contributed by atoms with van der Waals surface area (Å²) in [6, 6.07) is 16.5. The Labute approximate surface area is 171 Å². The van der Waals surface area contributed by atoms with Gasteiger partial charge in [-0.2, -0.15) is 0 Å². The number of fused-ring (bicyclic) bond motifs is 1. The molecule has 0 saturated carbocycles. The molecular weight excluding hydrogens is 366 g/mol. The van der Waals surface area contributed by atoms with E-state index in [0.717, 1.165) is 48.3 Å². The monoisotopic (exact) mass is 393 g/mol. The molecule has 0 spiro atoms. The lowest BCUT2D eigenvalue weighted by Crippen LogP contribution is -2.45. The summed E-state index contributed by atoms with van der Waals surface area (Å²) in [5.41, 5.74) is 3.08. The van der Waals surface area contributed by atoms with E-state index in [9.17, 15) is 0 Å². The molecule has 1 aliphatic rings. The zero-order chi connectivity index (χ0) is 20.2. The fourth-order valence-corrected chi connectivity index (χ4v) is 4.00. The highest BCUT2D eigenvalue weighted by Crippen LogP contribution is 2.42. The molecule has 1 atom stereocenters. The topological polar surface area (TPSA) is 55.9 Å². The quantitative estimate of drug-likeness (QED) is 0.694. The summed E-state index contributed by atoms with van der Waals surface area (Å²) >= 11 is 0. The number of piperazine rings is 1. The van der Waals surface area contributed by atoms with Gasteiger partial charge in [0.15, 0.2) is 11.5 Å². The molecule has 152 valence electrons. The first-order chi connectivity index (χ1) is 14.2. The summed E-state index contributed by atoms with van der Waals surface area (Å²) in [4.78, 5) is 7.46. The Balaban J connectivity index is 1.86. The van der Waals surface area contributed by atoms with Crippen molar-refractivity contribution in [3.8, 4) is 17.2 Å². The largest absolute Gasteiger partial charge is 0.493 e. The van der Waals surface area contributed by atoms with Crippen LogP contribution in [0.1, 0.15) is 17.3 Å². The molecule has 2 heterocycles. The van der Waals surface area contributed by atoms with E-state index in [2.05, 4.69) is 34.5 Å². The average Bonchev–Trinajstić information content (AvgIpc) is 2.79. The first-order valence-electron chi connectivity index (χ1n) is 9.85. The van der Waals surface area contributed by atoms with Gasteiger partial charge in [-0.15, -0.1) is 0 Å². The van der Waals surface area contributed by atoms with Gasteiger partial charge in [0.05, 0.1) is 38.6 Å². The van der Waals surface area contributed by atoms with Crippen LogP contribution in [0.3, 0.4) is 0 Å². The van der Waals surface area contributed by atoms with E-state index in [1.54, 1.807) is 21.3 Å². The number of hydrogen-bond acceptors (Lipinski definition) is 6. The molecule has 1 N–H and O–H groups in total. The van der Waals surface area contributed by atoms with Gasteiger partial charge < -0.3 is 19.5 Å². The Bertz CT molecular complexity index is 961. The molecule has 1 aliphatic heterocycles. The molecule has 0 aliphatic carbocycles. The van der Waals surface area contributed by atoms with Crippen LogP contribution >= 0.6 is 0 Å². The van der Waals surface area contributed by atoms with E-state index in [-0.39, 0.29) is 6.04 Å². The van der Waals surface area contributed by atoms with Gasteiger partial charge in [0.2, 0.25) is 5.75 Å². The minimum absolute atomic E-state index is 0.00425. The number of methoxy groups -OCH3 is 3. The van der Waals surface area contributed by atoms with Crippen LogP contribution in [0, 0.1) is 0 Å². The summed E-state index contributed by atoms with van der Waals surface area (Å²) in [6.45, 7) is 3.79. The minimum Gasteiger partial charge on any atom is -0.493 e. The summed E-state index contributed by atoms with van der Waals surface area (Å²) in [6.07, 6.45) is 0. The standard InChI is InChI=1S/C23H27N3O3/c1-27-20-14-17(15-21(28-2)23(20)29-3)22(26-12-10-24-11-13-26)19-9-8-16-6-4-5-7-18(16)25-19/h4-9,14-15,22,24H,10-13H2,1-3H3. The van der Waals surface area contributed by atoms with Crippen LogP contribution in [0.5, 0.6) is 17.2 Å². The van der Waals surface area contributed by atoms with Crippen LogP contribution in [0.4, 0.5) is 0 Å². The van der Waals surface area contributed by atoms with Crippen molar-refractivity contribution >= 4 is 10.9 Å². The van der Waals surface area contributed by atoms with Crippen molar-refractivity contribution in [2.75, 3.05) is 47.5 Å². The van der Waals surface area contributed by atoms with Crippen molar-refractivity contribution in [3.63, 3.8) is 0 Å². The first-order valence-corrected chi connectivity index (χ1v) is 9.85. The maximum Gasteiger partial charge on any atom is 0.203 e. The summed E-state index contributed by atoms with van der Waals surface area (Å²) in [5.74, 6) is 1.91. The fourth-order valence-electron chi connectivity index (χ4n) is 4.00. The number of nitrogens with one attached hydrogen (secondary N) is 1. The van der Waals surface area contributed by atoms with Gasteiger partial charge in [-0.25, -0.2) is 0 Å². The molecule has 2 aromatic carbocycles. The molecule has 1 aromatic heterocycles. The van der Waals surface area contributed by atoms with Gasteiger partial charge in [-0.05, 0) is 29.8 Å². The van der Waals surface area contributed by atoms with E-state index >= 15 is 0 Å². The highest BCUT2D eigenvalue weighted by Gasteiger charge is 2.28. The normalized spacial score (nSPS) is 15.8. The number of pyridine rings is 1. The van der Waals surface area contributed by atoms with E-state index in [1.807, 2.05) is 24.3 Å². The first kappa shape index (κ1) is 19.5. The lowest BCUT2D eigenvalue weighted by atomic mass is 9.98. The van der Waals surface area contributed by atoms with Crippen molar-refractivity contribution in [3.05, 3.63) is 59.8 Å². The number of nitrogens with zero attached hydrogens (tertiary/aromatic N) is 2. The zero-order valence-electron chi connectivity index (χ0n) is 17.1. The highest BCUT2D eigenvalue weighted by atomic mass is 16.5. The maximum absolute atomic E-state index is 5.61. The molecule has 0 amide bonds. The third-order valence-electron chi connectivity index (χ3n) is 5.42. The Morgan fingerprint density at radius 1 is 0.897 bits per heavy atom. The van der Waals surface area contributed by atoms with Gasteiger partial charge in [-0.3, -0.25) is 9.88 Å². The van der Waals surface area contributed by atoms with Crippen molar-refractivity contribution in [1.29, 1.82) is 0 Å². The van der Waals surface area contributed by atoms with Gasteiger partial charge >= 0.3 is 0 Å². The summed E-state index contributed by atoms with van der Waals surface area (Å²) in [5, 5.41) is 4.57. The molecule has 1 fully saturated rings. The minimum atomic E-state index is -0.00425. The highest BCUT2D eigenvalue weighted by molar-refractivity contribution is 5.78. The Hall–Kier alpha value is -2.83. The third-order valence-corrected chi connectivity index (χ3v) is 5.42. The van der Waals surface area contributed by atoms with E-state index < -0.39 is 0 Å². The number of benzene rings is 2. The van der Waals surface area contributed by atoms with Gasteiger partial charge in [0.25, 0.3) is 0 Å². The second-order valence-electron chi connectivity index (χ2n) is 7.08. The number of rotatable bonds is 6. The van der Waals surface area contributed by atoms with Crippen molar-refractivity contribution in [2.45, 2.75) is 6.04 Å². The molecule has 3 aromatic rings. The molecular formula is C23H27N3O3. The SMILES string of the molecule is COc1cc(C(c2ccc3ccccc3n2)N2CCNCC2)cc(OC)c1OC. The number of ether oxygens (including phenoxy) is 3. The van der Waals surface area contributed by atoms with Crippen LogP contribution in [-0.2, 0) is 0 Å². The lowest BCUT2D eigenvalue weighted by Gasteiger charge is -2.35. The molecule has 4 rings (SSSR count). The van der Waals surface area contributed by atoms with Crippen molar-refractivity contribution in [1.82, 2.24) is 15.2 Å². The molecule has 6 heteroatoms. The fraction of sp³-hybridized carbons (Fsp3) is 0.348. The Kier molecular flexibility index (Phi) is 5.83. The Morgan fingerprint density at radius 3 is 2.24 bits per heavy atom. The molecule has 1 unspecified atom stereocenters. The number of aromatic nitrogens is 1. The second kappa shape index (κ2) is 8.68. The van der Waals surface area contributed by atoms with Crippen molar-refractivity contribution in [2.24, 2.45) is 0 Å². The lowest BCUT2D eigenvalue weighted by molar-refractivity contribution is 0.195. The van der Waals surface area contributed by atoms with Gasteiger partial charge in [-0.1, -0.05) is 24.3 Å². The number of hydrogen-bond donors (Lipinski definition) is 1. The predicted octanol–water partition coefficient (Wildman–Crippen LogP) is 3.26. The maximum atomic E-state index is 5.61. The smallest absolute Gasteiger partial charge is 0.203 e. The third kappa shape index (κ3) is 3.86. The van der Waals surface area contributed by atoms with E-state index in [0.29, 0.717) is 17.2 Å². The molecule has 29 heavy (non-hydrogen) atoms. The van der Waals surface area contributed by atoms with Crippen LogP contribution in [0.2, 0.25) is 0 Å². The second-order valence-corrected chi connectivity index (χ2v) is 7.08. The molecule has 6 nitrogen and oxygen atoms in total. The van der Waals surface area contributed by atoms with E-state index in [4.69, 9.17) is 19.2 Å². The van der Waals surface area contributed by atoms with Gasteiger partial charge in [0, 0.05) is 31.6 Å². The van der Waals surface area contributed by atoms with Crippen LogP contribution < -0.4 is 19.5 Å². The predicted molar refractivity (Wildman–Crippen MR) is 114 cm³/mol. The zero-order valence-corrected chi connectivity index (χ0v) is 17.1.